The van der Waals surface area contributed by atoms with Gasteiger partial charge in [-0.15, -0.1) is 0 Å². The second kappa shape index (κ2) is 6.92. The van der Waals surface area contributed by atoms with Gasteiger partial charge in [0.05, 0.1) is 6.61 Å². The quantitative estimate of drug-likeness (QED) is 0.784. The molecule has 1 heterocycles. The number of benzene rings is 1. The van der Waals surface area contributed by atoms with Gasteiger partial charge in [0.15, 0.2) is 0 Å². The van der Waals surface area contributed by atoms with Gasteiger partial charge in [0, 0.05) is 6.54 Å². The minimum absolute atomic E-state index is 0.0877. The molecule has 2 N–H and O–H groups in total. The summed E-state index contributed by atoms with van der Waals surface area (Å²) in [4.78, 5) is 11.4. The third-order valence-electron chi connectivity index (χ3n) is 2.75. The van der Waals surface area contributed by atoms with Crippen molar-refractivity contribution in [2.75, 3.05) is 13.2 Å². The summed E-state index contributed by atoms with van der Waals surface area (Å²) in [5.41, 5.74) is 0.988. The topological polar surface area (TPSA) is 67.8 Å². The number of aliphatic hydroxyl groups excluding tert-OH is 1. The third kappa shape index (κ3) is 4.39. The molecule has 19 heavy (non-hydrogen) atoms. The summed E-state index contributed by atoms with van der Waals surface area (Å²) < 4.78 is 10.1. The fraction of sp³-hybridized carbons (Fsp3) is 0.357. The number of amides is 1. The van der Waals surface area contributed by atoms with Crippen LogP contribution in [-0.2, 0) is 16.0 Å². The first kappa shape index (κ1) is 13.6. The molecular formula is C14H17NO4. The third-order valence-corrected chi connectivity index (χ3v) is 2.75. The van der Waals surface area contributed by atoms with E-state index in [0.717, 1.165) is 5.56 Å². The van der Waals surface area contributed by atoms with Crippen LogP contribution < -0.4 is 5.32 Å². The Bertz CT molecular complexity index is 432. The predicted molar refractivity (Wildman–Crippen MR) is 69.5 cm³/mol. The molecule has 102 valence electrons. The molecule has 0 spiro atoms. The van der Waals surface area contributed by atoms with Gasteiger partial charge < -0.3 is 19.9 Å². The lowest BCUT2D eigenvalue weighted by molar-refractivity contribution is -0.0202. The molecule has 0 saturated carbocycles. The smallest absolute Gasteiger partial charge is 0.407 e. The standard InChI is InChI=1S/C14H17NO4/c16-12(13-7-4-8-18-13)10-19-14(17)15-9-11-5-2-1-3-6-11/h1-7,12-13,16H,8-10H2,(H,15,17)/t12-,13-/m0/s1. The fourth-order valence-corrected chi connectivity index (χ4v) is 1.73. The molecule has 1 aliphatic heterocycles. The molecule has 2 rings (SSSR count). The summed E-state index contributed by atoms with van der Waals surface area (Å²) >= 11 is 0. The Labute approximate surface area is 111 Å². The molecule has 5 nitrogen and oxygen atoms in total. The summed E-state index contributed by atoms with van der Waals surface area (Å²) in [6, 6.07) is 9.53. The largest absolute Gasteiger partial charge is 0.447 e. The average molecular weight is 263 g/mol. The Morgan fingerprint density at radius 3 is 2.95 bits per heavy atom. The maximum Gasteiger partial charge on any atom is 0.407 e. The van der Waals surface area contributed by atoms with Crippen molar-refractivity contribution in [3.63, 3.8) is 0 Å². The highest BCUT2D eigenvalue weighted by Gasteiger charge is 2.21. The van der Waals surface area contributed by atoms with Gasteiger partial charge in [-0.05, 0) is 5.56 Å². The van der Waals surface area contributed by atoms with E-state index < -0.39 is 12.2 Å². The molecule has 1 aromatic carbocycles. The van der Waals surface area contributed by atoms with Gasteiger partial charge in [0.1, 0.15) is 18.8 Å². The van der Waals surface area contributed by atoms with E-state index in [4.69, 9.17) is 9.47 Å². The van der Waals surface area contributed by atoms with E-state index in [9.17, 15) is 9.90 Å². The van der Waals surface area contributed by atoms with Crippen molar-refractivity contribution >= 4 is 6.09 Å². The predicted octanol–water partition coefficient (Wildman–Crippen LogP) is 1.23. The van der Waals surface area contributed by atoms with E-state index >= 15 is 0 Å². The molecule has 0 aliphatic carbocycles. The molecule has 2 atom stereocenters. The minimum Gasteiger partial charge on any atom is -0.447 e. The van der Waals surface area contributed by atoms with Gasteiger partial charge in [-0.3, -0.25) is 0 Å². The zero-order chi connectivity index (χ0) is 13.5. The Morgan fingerprint density at radius 2 is 2.26 bits per heavy atom. The minimum atomic E-state index is -0.832. The second-order valence-corrected chi connectivity index (χ2v) is 4.23. The highest BCUT2D eigenvalue weighted by atomic mass is 16.6. The lowest BCUT2D eigenvalue weighted by Crippen LogP contribution is -2.33. The van der Waals surface area contributed by atoms with Gasteiger partial charge in [-0.1, -0.05) is 42.5 Å². The monoisotopic (exact) mass is 263 g/mol. The lowest BCUT2D eigenvalue weighted by Gasteiger charge is -2.16. The van der Waals surface area contributed by atoms with Gasteiger partial charge in [-0.2, -0.15) is 0 Å². The van der Waals surface area contributed by atoms with Crippen LogP contribution in [0.3, 0.4) is 0 Å². The summed E-state index contributed by atoms with van der Waals surface area (Å²) in [5.74, 6) is 0. The lowest BCUT2D eigenvalue weighted by atomic mass is 10.2. The number of hydrogen-bond donors (Lipinski definition) is 2. The van der Waals surface area contributed by atoms with E-state index in [2.05, 4.69) is 5.32 Å². The summed E-state index contributed by atoms with van der Waals surface area (Å²) in [6.45, 7) is 0.799. The van der Waals surface area contributed by atoms with Gasteiger partial charge in [-0.25, -0.2) is 4.79 Å². The molecule has 0 saturated heterocycles. The first-order valence-electron chi connectivity index (χ1n) is 6.16. The molecule has 1 aromatic rings. The first-order valence-corrected chi connectivity index (χ1v) is 6.16. The van der Waals surface area contributed by atoms with Crippen LogP contribution in [0.15, 0.2) is 42.5 Å². The van der Waals surface area contributed by atoms with Crippen LogP contribution in [0.5, 0.6) is 0 Å². The fourth-order valence-electron chi connectivity index (χ4n) is 1.73. The van der Waals surface area contributed by atoms with Crippen LogP contribution >= 0.6 is 0 Å². The zero-order valence-corrected chi connectivity index (χ0v) is 10.5. The number of alkyl carbamates (subject to hydrolysis) is 1. The van der Waals surface area contributed by atoms with Crippen molar-refractivity contribution in [2.45, 2.75) is 18.8 Å². The van der Waals surface area contributed by atoms with E-state index in [1.807, 2.05) is 36.4 Å². The molecule has 0 bridgehead atoms. The first-order chi connectivity index (χ1) is 9.25. The van der Waals surface area contributed by atoms with E-state index in [1.165, 1.54) is 0 Å². The zero-order valence-electron chi connectivity index (χ0n) is 10.5. The number of nitrogens with one attached hydrogen (secondary N) is 1. The van der Waals surface area contributed by atoms with Crippen molar-refractivity contribution in [2.24, 2.45) is 0 Å². The number of carbonyl (C=O) groups excluding carboxylic acids is 1. The Hall–Kier alpha value is -1.85. The summed E-state index contributed by atoms with van der Waals surface area (Å²) in [7, 11) is 0. The average Bonchev–Trinajstić information content (AvgIpc) is 2.98. The highest BCUT2D eigenvalue weighted by Crippen LogP contribution is 2.08. The molecule has 0 fully saturated rings. The van der Waals surface area contributed by atoms with Crippen molar-refractivity contribution in [3.8, 4) is 0 Å². The number of rotatable bonds is 5. The molecule has 0 radical (unpaired) electrons. The summed E-state index contributed by atoms with van der Waals surface area (Å²) in [6.07, 6.45) is 1.81. The van der Waals surface area contributed by atoms with Crippen LogP contribution in [0.25, 0.3) is 0 Å². The van der Waals surface area contributed by atoms with Crippen LogP contribution in [0, 0.1) is 0 Å². The number of carbonyl (C=O) groups is 1. The van der Waals surface area contributed by atoms with Gasteiger partial charge in [0.25, 0.3) is 0 Å². The highest BCUT2D eigenvalue weighted by molar-refractivity contribution is 5.67. The van der Waals surface area contributed by atoms with Crippen LogP contribution in [-0.4, -0.2) is 36.6 Å². The van der Waals surface area contributed by atoms with E-state index in [-0.39, 0.29) is 12.7 Å². The maximum atomic E-state index is 11.4. The van der Waals surface area contributed by atoms with Crippen LogP contribution in [0.1, 0.15) is 5.56 Å². The second-order valence-electron chi connectivity index (χ2n) is 4.23. The van der Waals surface area contributed by atoms with Crippen molar-refractivity contribution in [3.05, 3.63) is 48.0 Å². The van der Waals surface area contributed by atoms with Crippen molar-refractivity contribution in [1.82, 2.24) is 5.32 Å². The molecule has 1 aliphatic rings. The van der Waals surface area contributed by atoms with Crippen molar-refractivity contribution < 1.29 is 19.4 Å². The van der Waals surface area contributed by atoms with E-state index in [0.29, 0.717) is 13.2 Å². The molecule has 5 heteroatoms. The van der Waals surface area contributed by atoms with Gasteiger partial charge in [0.2, 0.25) is 0 Å². The van der Waals surface area contributed by atoms with Crippen molar-refractivity contribution in [1.29, 1.82) is 0 Å². The Morgan fingerprint density at radius 1 is 1.47 bits per heavy atom. The molecule has 0 unspecified atom stereocenters. The maximum absolute atomic E-state index is 11.4. The van der Waals surface area contributed by atoms with Crippen LogP contribution in [0.4, 0.5) is 4.79 Å². The van der Waals surface area contributed by atoms with Gasteiger partial charge >= 0.3 is 6.09 Å². The molecule has 1 amide bonds. The number of ether oxygens (including phenoxy) is 2. The van der Waals surface area contributed by atoms with E-state index in [1.54, 1.807) is 6.08 Å². The number of hydrogen-bond acceptors (Lipinski definition) is 4. The molecule has 0 aromatic heterocycles. The van der Waals surface area contributed by atoms with Crippen LogP contribution in [0.2, 0.25) is 0 Å². The normalized spacial score (nSPS) is 19.1. The molecular weight excluding hydrogens is 246 g/mol. The SMILES string of the molecule is O=C(NCc1ccccc1)OC[C@H](O)[C@@H]1C=CCO1. The Balaban J connectivity index is 1.65. The Kier molecular flexibility index (Phi) is 4.94. The number of aliphatic hydroxyl groups is 1. The summed E-state index contributed by atoms with van der Waals surface area (Å²) in [5, 5.41) is 12.3.